The smallest absolute Gasteiger partial charge is 0.417 e. The van der Waals surface area contributed by atoms with Crippen LogP contribution >= 0.6 is 11.6 Å². The van der Waals surface area contributed by atoms with Crippen LogP contribution < -0.4 is 4.90 Å². The molecule has 168 valence electrons. The summed E-state index contributed by atoms with van der Waals surface area (Å²) in [6.45, 7) is 3.19. The van der Waals surface area contributed by atoms with E-state index in [-0.39, 0.29) is 29.2 Å². The summed E-state index contributed by atoms with van der Waals surface area (Å²) in [7, 11) is 0. The molecule has 1 aliphatic rings. The second-order valence-corrected chi connectivity index (χ2v) is 7.63. The monoisotopic (exact) mass is 464 g/mol. The van der Waals surface area contributed by atoms with Crippen molar-refractivity contribution in [2.24, 2.45) is 0 Å². The Balaban J connectivity index is 1.82. The number of ether oxygens (including phenoxy) is 1. The molecule has 3 aromatic rings. The van der Waals surface area contributed by atoms with Gasteiger partial charge in [-0.3, -0.25) is 0 Å². The maximum absolute atomic E-state index is 13.8. The van der Waals surface area contributed by atoms with Crippen molar-refractivity contribution in [2.45, 2.75) is 13.1 Å². The van der Waals surface area contributed by atoms with Crippen LogP contribution in [-0.4, -0.2) is 53.7 Å². The number of carbonyl (C=O) groups excluding carboxylic acids is 1. The Morgan fingerprint density at radius 2 is 1.78 bits per heavy atom. The second-order valence-electron chi connectivity index (χ2n) is 7.22. The van der Waals surface area contributed by atoms with Crippen LogP contribution in [0.25, 0.3) is 22.3 Å². The van der Waals surface area contributed by atoms with Crippen LogP contribution in [0, 0.1) is 0 Å². The van der Waals surface area contributed by atoms with Crippen molar-refractivity contribution in [1.29, 1.82) is 0 Å². The molecular formula is C22H20ClF3N4O2. The van der Waals surface area contributed by atoms with Crippen molar-refractivity contribution in [3.8, 4) is 11.4 Å². The Hall–Kier alpha value is -3.07. The van der Waals surface area contributed by atoms with Gasteiger partial charge in [-0.05, 0) is 31.2 Å². The van der Waals surface area contributed by atoms with E-state index in [0.717, 1.165) is 6.07 Å². The third kappa shape index (κ3) is 4.29. The Bertz CT molecular complexity index is 1150. The van der Waals surface area contributed by atoms with Gasteiger partial charge in [0.15, 0.2) is 5.82 Å². The van der Waals surface area contributed by atoms with Crippen molar-refractivity contribution >= 4 is 34.4 Å². The van der Waals surface area contributed by atoms with Gasteiger partial charge in [0.25, 0.3) is 0 Å². The van der Waals surface area contributed by atoms with Crippen molar-refractivity contribution in [3.05, 3.63) is 53.1 Å². The first-order valence-electron chi connectivity index (χ1n) is 10.1. The minimum absolute atomic E-state index is 0.0691. The van der Waals surface area contributed by atoms with Crippen LogP contribution in [-0.2, 0) is 10.9 Å². The summed E-state index contributed by atoms with van der Waals surface area (Å²) in [6.07, 6.45) is -5.01. The van der Waals surface area contributed by atoms with Crippen molar-refractivity contribution in [2.75, 3.05) is 37.7 Å². The van der Waals surface area contributed by atoms with Crippen LogP contribution in [0.4, 0.5) is 23.8 Å². The Morgan fingerprint density at radius 1 is 1.06 bits per heavy atom. The number of hydrogen-bond donors (Lipinski definition) is 0. The fourth-order valence-electron chi connectivity index (χ4n) is 3.71. The number of fused-ring (bicyclic) bond motifs is 1. The SMILES string of the molecule is CCOC(=O)N1CCN(c2nc(-c3ccccc3Cl)nc3cccc(C(F)(F)F)c23)CC1. The lowest BCUT2D eigenvalue weighted by Gasteiger charge is -2.35. The van der Waals surface area contributed by atoms with Gasteiger partial charge in [-0.15, -0.1) is 0 Å². The molecule has 0 bridgehead atoms. The Morgan fingerprint density at radius 3 is 2.44 bits per heavy atom. The average molecular weight is 465 g/mol. The van der Waals surface area contributed by atoms with E-state index < -0.39 is 17.8 Å². The van der Waals surface area contributed by atoms with Crippen LogP contribution in [0.5, 0.6) is 0 Å². The molecular weight excluding hydrogens is 445 g/mol. The molecule has 1 aromatic heterocycles. The topological polar surface area (TPSA) is 58.6 Å². The molecule has 0 saturated carbocycles. The number of halogens is 4. The Labute approximate surface area is 187 Å². The summed E-state index contributed by atoms with van der Waals surface area (Å²) in [5.41, 5.74) is -0.101. The highest BCUT2D eigenvalue weighted by atomic mass is 35.5. The van der Waals surface area contributed by atoms with E-state index in [9.17, 15) is 18.0 Å². The van der Waals surface area contributed by atoms with Gasteiger partial charge < -0.3 is 14.5 Å². The first-order valence-corrected chi connectivity index (χ1v) is 10.5. The molecule has 4 rings (SSSR count). The van der Waals surface area contributed by atoms with Gasteiger partial charge in [0, 0.05) is 31.7 Å². The quantitative estimate of drug-likeness (QED) is 0.530. The molecule has 0 N–H and O–H groups in total. The summed E-state index contributed by atoms with van der Waals surface area (Å²) in [6, 6.07) is 10.8. The normalized spacial score (nSPS) is 14.7. The van der Waals surface area contributed by atoms with Crippen LogP contribution in [0.2, 0.25) is 5.02 Å². The molecule has 1 aliphatic heterocycles. The summed E-state index contributed by atoms with van der Waals surface area (Å²) in [4.78, 5) is 24.2. The summed E-state index contributed by atoms with van der Waals surface area (Å²) in [5.74, 6) is 0.409. The van der Waals surface area contributed by atoms with E-state index in [1.165, 1.54) is 17.0 Å². The predicted molar refractivity (Wildman–Crippen MR) is 116 cm³/mol. The molecule has 1 saturated heterocycles. The fourth-order valence-corrected chi connectivity index (χ4v) is 3.93. The largest absolute Gasteiger partial charge is 0.450 e. The standard InChI is InChI=1S/C22H20ClF3N4O2/c1-2-32-21(31)30-12-10-29(11-13-30)20-18-15(22(24,25)26)7-5-9-17(18)27-19(28-20)14-6-3-4-8-16(14)23/h3-9H,2,10-13H2,1H3. The molecule has 10 heteroatoms. The molecule has 2 heterocycles. The molecule has 0 aliphatic carbocycles. The lowest BCUT2D eigenvalue weighted by Crippen LogP contribution is -2.49. The second kappa shape index (κ2) is 8.82. The maximum atomic E-state index is 13.8. The molecule has 0 atom stereocenters. The number of benzene rings is 2. The zero-order chi connectivity index (χ0) is 22.9. The number of nitrogens with zero attached hydrogens (tertiary/aromatic N) is 4. The number of hydrogen-bond acceptors (Lipinski definition) is 5. The molecule has 2 aromatic carbocycles. The summed E-state index contributed by atoms with van der Waals surface area (Å²) >= 11 is 6.30. The first kappa shape index (κ1) is 22.1. The maximum Gasteiger partial charge on any atom is 0.417 e. The van der Waals surface area contributed by atoms with Crippen molar-refractivity contribution < 1.29 is 22.7 Å². The number of piperazine rings is 1. The van der Waals surface area contributed by atoms with Gasteiger partial charge in [-0.1, -0.05) is 29.8 Å². The van der Waals surface area contributed by atoms with Gasteiger partial charge >= 0.3 is 12.3 Å². The fraction of sp³-hybridized carbons (Fsp3) is 0.318. The third-order valence-electron chi connectivity index (χ3n) is 5.23. The van der Waals surface area contributed by atoms with E-state index in [4.69, 9.17) is 16.3 Å². The predicted octanol–water partition coefficient (Wildman–Crippen LogP) is 5.25. The minimum Gasteiger partial charge on any atom is -0.450 e. The van der Waals surface area contributed by atoms with E-state index in [0.29, 0.717) is 36.8 Å². The zero-order valence-electron chi connectivity index (χ0n) is 17.2. The lowest BCUT2D eigenvalue weighted by atomic mass is 10.1. The number of anilines is 1. The molecule has 1 fully saturated rings. The number of aromatic nitrogens is 2. The molecule has 0 unspecified atom stereocenters. The third-order valence-corrected chi connectivity index (χ3v) is 5.56. The van der Waals surface area contributed by atoms with Crippen LogP contribution in [0.3, 0.4) is 0 Å². The number of rotatable bonds is 3. The zero-order valence-corrected chi connectivity index (χ0v) is 18.0. The first-order chi connectivity index (χ1) is 15.3. The van der Waals surface area contributed by atoms with Gasteiger partial charge in [-0.25, -0.2) is 14.8 Å². The van der Waals surface area contributed by atoms with Crippen molar-refractivity contribution in [1.82, 2.24) is 14.9 Å². The number of amides is 1. The molecule has 1 amide bonds. The van der Waals surface area contributed by atoms with Gasteiger partial charge in [-0.2, -0.15) is 13.2 Å². The van der Waals surface area contributed by atoms with Gasteiger partial charge in [0.2, 0.25) is 0 Å². The number of alkyl halides is 3. The molecule has 6 nitrogen and oxygen atoms in total. The van der Waals surface area contributed by atoms with E-state index in [1.54, 1.807) is 36.1 Å². The van der Waals surface area contributed by atoms with Gasteiger partial charge in [0.1, 0.15) is 5.82 Å². The highest BCUT2D eigenvalue weighted by molar-refractivity contribution is 6.33. The van der Waals surface area contributed by atoms with Crippen molar-refractivity contribution in [3.63, 3.8) is 0 Å². The molecule has 0 radical (unpaired) electrons. The van der Waals surface area contributed by atoms with Gasteiger partial charge in [0.05, 0.1) is 28.1 Å². The summed E-state index contributed by atoms with van der Waals surface area (Å²) < 4.78 is 46.5. The van der Waals surface area contributed by atoms with E-state index in [2.05, 4.69) is 9.97 Å². The van der Waals surface area contributed by atoms with Crippen LogP contribution in [0.15, 0.2) is 42.5 Å². The van der Waals surface area contributed by atoms with Crippen LogP contribution in [0.1, 0.15) is 12.5 Å². The summed E-state index contributed by atoms with van der Waals surface area (Å²) in [5, 5.41) is 0.331. The van der Waals surface area contributed by atoms with E-state index in [1.807, 2.05) is 0 Å². The number of carbonyl (C=O) groups is 1. The van der Waals surface area contributed by atoms with E-state index >= 15 is 0 Å². The lowest BCUT2D eigenvalue weighted by molar-refractivity contribution is -0.136. The highest BCUT2D eigenvalue weighted by Gasteiger charge is 2.35. The molecule has 0 spiro atoms. The molecule has 32 heavy (non-hydrogen) atoms. The average Bonchev–Trinajstić information content (AvgIpc) is 2.78. The Kier molecular flexibility index (Phi) is 6.10. The highest BCUT2D eigenvalue weighted by Crippen LogP contribution is 2.39. The minimum atomic E-state index is -4.57.